The second-order valence-corrected chi connectivity index (χ2v) is 7.18. The third-order valence-electron chi connectivity index (χ3n) is 4.95. The molecule has 0 saturated carbocycles. The molecule has 2 aromatic carbocycles. The molecule has 2 heterocycles. The number of hydrogen-bond donors (Lipinski definition) is 2. The summed E-state index contributed by atoms with van der Waals surface area (Å²) in [5.41, 5.74) is 5.70. The number of rotatable bonds is 5. The molecule has 0 radical (unpaired) electrons. The molecule has 0 spiro atoms. The molecule has 3 aromatic rings. The Kier molecular flexibility index (Phi) is 6.38. The van der Waals surface area contributed by atoms with Crippen molar-refractivity contribution < 1.29 is 9.53 Å². The molecule has 1 aliphatic rings. The van der Waals surface area contributed by atoms with Crippen LogP contribution in [0.25, 0.3) is 6.08 Å². The maximum atomic E-state index is 12.3. The number of urea groups is 1. The van der Waals surface area contributed by atoms with E-state index in [4.69, 9.17) is 9.73 Å². The van der Waals surface area contributed by atoms with E-state index in [0.717, 1.165) is 36.2 Å². The number of hydrogen-bond acceptors (Lipinski definition) is 4. The van der Waals surface area contributed by atoms with Crippen LogP contribution in [-0.2, 0) is 0 Å². The number of amides is 2. The Balaban J connectivity index is 1.43. The van der Waals surface area contributed by atoms with Gasteiger partial charge in [0.05, 0.1) is 12.8 Å². The maximum absolute atomic E-state index is 12.3. The molecule has 2 amide bonds. The van der Waals surface area contributed by atoms with Crippen LogP contribution in [0.1, 0.15) is 24.0 Å². The molecule has 0 bridgehead atoms. The summed E-state index contributed by atoms with van der Waals surface area (Å²) in [5.74, 6) is 0.687. The normalized spacial score (nSPS) is 14.6. The molecule has 31 heavy (non-hydrogen) atoms. The molecule has 1 aliphatic heterocycles. The van der Waals surface area contributed by atoms with E-state index >= 15 is 0 Å². The van der Waals surface area contributed by atoms with Crippen LogP contribution < -0.4 is 15.4 Å². The summed E-state index contributed by atoms with van der Waals surface area (Å²) in [6.07, 6.45) is 7.81. The predicted molar refractivity (Wildman–Crippen MR) is 125 cm³/mol. The van der Waals surface area contributed by atoms with Crippen LogP contribution >= 0.6 is 0 Å². The predicted octanol–water partition coefficient (Wildman–Crippen LogP) is 5.40. The van der Waals surface area contributed by atoms with E-state index in [-0.39, 0.29) is 6.03 Å². The van der Waals surface area contributed by atoms with E-state index in [2.05, 4.69) is 21.7 Å². The van der Waals surface area contributed by atoms with Crippen molar-refractivity contribution in [2.75, 3.05) is 24.3 Å². The number of nitrogens with one attached hydrogen (secondary N) is 2. The standard InChI is InChI=1S/C25H24N4O2/c1-31-23-8-2-7-22(16-23)29-25(30)28-21-11-9-18(10-12-21)15-19-5-4-14-27-24(19)20-6-3-13-26-17-20/h2-3,6-13,15-17H,4-5,14H2,1H3,(H2,28,29,30). The van der Waals surface area contributed by atoms with Gasteiger partial charge in [-0.1, -0.05) is 18.2 Å². The second-order valence-electron chi connectivity index (χ2n) is 7.18. The van der Waals surface area contributed by atoms with Gasteiger partial charge >= 0.3 is 6.03 Å². The molecular weight excluding hydrogens is 388 g/mol. The number of aromatic nitrogens is 1. The molecule has 1 aromatic heterocycles. The summed E-state index contributed by atoms with van der Waals surface area (Å²) >= 11 is 0. The summed E-state index contributed by atoms with van der Waals surface area (Å²) in [6, 6.07) is 18.6. The van der Waals surface area contributed by atoms with Gasteiger partial charge in [-0.25, -0.2) is 4.79 Å². The summed E-state index contributed by atoms with van der Waals surface area (Å²) in [5, 5.41) is 5.66. The zero-order chi connectivity index (χ0) is 21.5. The first-order valence-corrected chi connectivity index (χ1v) is 10.2. The van der Waals surface area contributed by atoms with Crippen molar-refractivity contribution in [3.63, 3.8) is 0 Å². The molecular formula is C25H24N4O2. The quantitative estimate of drug-likeness (QED) is 0.589. The van der Waals surface area contributed by atoms with Crippen molar-refractivity contribution in [2.24, 2.45) is 4.99 Å². The fourth-order valence-electron chi connectivity index (χ4n) is 3.46. The number of aliphatic imine (C=N–C) groups is 1. The number of anilines is 2. The van der Waals surface area contributed by atoms with Crippen molar-refractivity contribution in [1.82, 2.24) is 4.98 Å². The van der Waals surface area contributed by atoms with E-state index in [9.17, 15) is 4.79 Å². The second kappa shape index (κ2) is 9.71. The first-order valence-electron chi connectivity index (χ1n) is 10.2. The molecule has 0 aliphatic carbocycles. The van der Waals surface area contributed by atoms with Gasteiger partial charge < -0.3 is 15.4 Å². The smallest absolute Gasteiger partial charge is 0.323 e. The topological polar surface area (TPSA) is 75.6 Å². The average molecular weight is 412 g/mol. The molecule has 0 fully saturated rings. The summed E-state index contributed by atoms with van der Waals surface area (Å²) < 4.78 is 5.18. The number of carbonyl (C=O) groups excluding carboxylic acids is 1. The number of pyridine rings is 1. The summed E-state index contributed by atoms with van der Waals surface area (Å²) in [4.78, 5) is 21.2. The van der Waals surface area contributed by atoms with Gasteiger partial charge in [0.15, 0.2) is 0 Å². The van der Waals surface area contributed by atoms with Crippen LogP contribution in [0.15, 0.2) is 83.6 Å². The minimum Gasteiger partial charge on any atom is -0.497 e. The van der Waals surface area contributed by atoms with Crippen LogP contribution in [0.3, 0.4) is 0 Å². The molecule has 0 unspecified atom stereocenters. The Morgan fingerprint density at radius 2 is 1.87 bits per heavy atom. The monoisotopic (exact) mass is 412 g/mol. The molecule has 0 saturated heterocycles. The number of ether oxygens (including phenoxy) is 1. The number of allylic oxidation sites excluding steroid dienone is 1. The van der Waals surface area contributed by atoms with Gasteiger partial charge in [-0.3, -0.25) is 9.98 Å². The molecule has 156 valence electrons. The Morgan fingerprint density at radius 3 is 2.65 bits per heavy atom. The van der Waals surface area contributed by atoms with Gasteiger partial charge in [-0.05, 0) is 66.5 Å². The lowest BCUT2D eigenvalue weighted by Crippen LogP contribution is -2.19. The van der Waals surface area contributed by atoms with E-state index in [1.165, 1.54) is 5.57 Å². The summed E-state index contributed by atoms with van der Waals surface area (Å²) in [6.45, 7) is 0.840. The van der Waals surface area contributed by atoms with Crippen LogP contribution in [0.5, 0.6) is 5.75 Å². The van der Waals surface area contributed by atoms with E-state index in [1.807, 2.05) is 60.8 Å². The maximum Gasteiger partial charge on any atom is 0.323 e. The summed E-state index contributed by atoms with van der Waals surface area (Å²) in [7, 11) is 1.59. The minimum absolute atomic E-state index is 0.308. The average Bonchev–Trinajstić information content (AvgIpc) is 2.81. The third-order valence-corrected chi connectivity index (χ3v) is 4.95. The van der Waals surface area contributed by atoms with E-state index < -0.39 is 0 Å². The molecule has 2 N–H and O–H groups in total. The van der Waals surface area contributed by atoms with Crippen LogP contribution in [0.4, 0.5) is 16.2 Å². The number of carbonyl (C=O) groups is 1. The lowest BCUT2D eigenvalue weighted by molar-refractivity contribution is 0.262. The van der Waals surface area contributed by atoms with Crippen molar-refractivity contribution in [3.05, 3.63) is 89.8 Å². The Morgan fingerprint density at radius 1 is 1.03 bits per heavy atom. The van der Waals surface area contributed by atoms with Crippen LogP contribution in [0, 0.1) is 0 Å². The van der Waals surface area contributed by atoms with Gasteiger partial charge in [0.25, 0.3) is 0 Å². The molecule has 4 rings (SSSR count). The highest BCUT2D eigenvalue weighted by molar-refractivity contribution is 6.15. The lowest BCUT2D eigenvalue weighted by atomic mass is 9.95. The largest absolute Gasteiger partial charge is 0.497 e. The molecule has 6 heteroatoms. The van der Waals surface area contributed by atoms with Gasteiger partial charge in [0.2, 0.25) is 0 Å². The third kappa shape index (κ3) is 5.36. The van der Waals surface area contributed by atoms with Crippen molar-refractivity contribution >= 4 is 29.2 Å². The Hall–Kier alpha value is -3.93. The zero-order valence-electron chi connectivity index (χ0n) is 17.3. The van der Waals surface area contributed by atoms with Gasteiger partial charge in [-0.15, -0.1) is 0 Å². The van der Waals surface area contributed by atoms with Crippen LogP contribution in [-0.4, -0.2) is 30.4 Å². The number of methoxy groups -OCH3 is 1. The van der Waals surface area contributed by atoms with Gasteiger partial charge in [-0.2, -0.15) is 0 Å². The van der Waals surface area contributed by atoms with E-state index in [1.54, 1.807) is 19.4 Å². The fraction of sp³-hybridized carbons (Fsp3) is 0.160. The molecule has 6 nitrogen and oxygen atoms in total. The fourth-order valence-corrected chi connectivity index (χ4v) is 3.46. The highest BCUT2D eigenvalue weighted by Crippen LogP contribution is 2.23. The Labute approximate surface area is 181 Å². The SMILES string of the molecule is COc1cccc(NC(=O)Nc2ccc(C=C3CCCN=C3c3cccnc3)cc2)c1. The zero-order valence-corrected chi connectivity index (χ0v) is 17.3. The Bertz CT molecular complexity index is 1110. The minimum atomic E-state index is -0.308. The number of benzene rings is 2. The first-order chi connectivity index (χ1) is 15.2. The van der Waals surface area contributed by atoms with Crippen molar-refractivity contribution in [2.45, 2.75) is 12.8 Å². The van der Waals surface area contributed by atoms with Crippen molar-refractivity contribution in [1.29, 1.82) is 0 Å². The van der Waals surface area contributed by atoms with Gasteiger partial charge in [0, 0.05) is 41.9 Å². The highest BCUT2D eigenvalue weighted by atomic mass is 16.5. The lowest BCUT2D eigenvalue weighted by Gasteiger charge is -2.16. The van der Waals surface area contributed by atoms with E-state index in [0.29, 0.717) is 17.1 Å². The van der Waals surface area contributed by atoms with Gasteiger partial charge in [0.1, 0.15) is 5.75 Å². The number of nitrogens with zero attached hydrogens (tertiary/aromatic N) is 2. The van der Waals surface area contributed by atoms with Crippen LogP contribution in [0.2, 0.25) is 0 Å². The molecule has 0 atom stereocenters. The highest BCUT2D eigenvalue weighted by Gasteiger charge is 2.14. The first kappa shape index (κ1) is 20.3. The van der Waals surface area contributed by atoms with Crippen molar-refractivity contribution in [3.8, 4) is 5.75 Å².